The minimum absolute atomic E-state index is 0.540. The van der Waals surface area contributed by atoms with E-state index in [4.69, 9.17) is 9.73 Å². The van der Waals surface area contributed by atoms with Crippen LogP contribution in [0.1, 0.15) is 25.7 Å². The normalized spacial score (nSPS) is 21.9. The summed E-state index contributed by atoms with van der Waals surface area (Å²) in [6.07, 6.45) is 5.56. The van der Waals surface area contributed by atoms with Crippen LogP contribution in [0.5, 0.6) is 0 Å². The van der Waals surface area contributed by atoms with Crippen LogP contribution in [0, 0.1) is 5.41 Å². The fraction of sp³-hybridized carbons (Fsp3) is 0.929. The standard InChI is InChI=1S/C14H27N3OS/c1-17(2)8-10-18-9-7-15-13-16-11-14(12-19-13)5-3-4-6-14/h3-12H2,1-2H3,(H,15,16). The van der Waals surface area contributed by atoms with Gasteiger partial charge in [-0.15, -0.1) is 0 Å². The van der Waals surface area contributed by atoms with Crippen molar-refractivity contribution in [1.29, 1.82) is 0 Å². The molecule has 1 spiro atoms. The fourth-order valence-corrected chi connectivity index (χ4v) is 3.85. The molecule has 1 fully saturated rings. The lowest BCUT2D eigenvalue weighted by Gasteiger charge is -2.31. The number of ether oxygens (including phenoxy) is 1. The molecule has 0 amide bonds. The summed E-state index contributed by atoms with van der Waals surface area (Å²) in [7, 11) is 4.13. The van der Waals surface area contributed by atoms with E-state index in [1.807, 2.05) is 11.8 Å². The van der Waals surface area contributed by atoms with Crippen molar-refractivity contribution in [3.8, 4) is 0 Å². The van der Waals surface area contributed by atoms with E-state index in [0.29, 0.717) is 5.41 Å². The average Bonchev–Trinajstić information content (AvgIpc) is 2.84. The molecule has 0 atom stereocenters. The molecule has 0 unspecified atom stereocenters. The number of hydrogen-bond acceptors (Lipinski definition) is 5. The van der Waals surface area contributed by atoms with Crippen LogP contribution in [0.4, 0.5) is 0 Å². The van der Waals surface area contributed by atoms with Gasteiger partial charge in [-0.2, -0.15) is 0 Å². The number of nitrogens with one attached hydrogen (secondary N) is 1. The highest BCUT2D eigenvalue weighted by molar-refractivity contribution is 8.13. The Morgan fingerprint density at radius 1 is 1.32 bits per heavy atom. The van der Waals surface area contributed by atoms with Crippen LogP contribution >= 0.6 is 11.8 Å². The van der Waals surface area contributed by atoms with E-state index < -0.39 is 0 Å². The molecule has 1 heterocycles. The molecular formula is C14H27N3OS. The third-order valence-corrected chi connectivity index (χ3v) is 5.25. The van der Waals surface area contributed by atoms with Crippen LogP contribution in [0.3, 0.4) is 0 Å². The number of rotatable bonds is 6. The molecule has 0 aromatic rings. The number of hydrogen-bond donors (Lipinski definition) is 1. The number of thioether (sulfide) groups is 1. The zero-order chi connectivity index (χ0) is 13.6. The van der Waals surface area contributed by atoms with Gasteiger partial charge in [0.15, 0.2) is 5.17 Å². The van der Waals surface area contributed by atoms with Crippen molar-refractivity contribution in [2.75, 3.05) is 52.7 Å². The van der Waals surface area contributed by atoms with E-state index >= 15 is 0 Å². The van der Waals surface area contributed by atoms with Crippen molar-refractivity contribution in [3.05, 3.63) is 0 Å². The number of likely N-dealkylation sites (N-methyl/N-ethyl adjacent to an activating group) is 1. The number of aliphatic imine (C=N–C) groups is 1. The zero-order valence-corrected chi connectivity index (χ0v) is 13.1. The molecule has 5 heteroatoms. The summed E-state index contributed by atoms with van der Waals surface area (Å²) in [5.41, 5.74) is 0.540. The predicted molar refractivity (Wildman–Crippen MR) is 83.0 cm³/mol. The summed E-state index contributed by atoms with van der Waals surface area (Å²) < 4.78 is 5.56. The number of nitrogens with zero attached hydrogens (tertiary/aromatic N) is 2. The van der Waals surface area contributed by atoms with Crippen LogP contribution in [0.2, 0.25) is 0 Å². The lowest BCUT2D eigenvalue weighted by molar-refractivity contribution is 0.122. The Labute approximate surface area is 121 Å². The second-order valence-electron chi connectivity index (χ2n) is 5.96. The summed E-state index contributed by atoms with van der Waals surface area (Å²) in [4.78, 5) is 6.85. The van der Waals surface area contributed by atoms with E-state index in [9.17, 15) is 0 Å². The Morgan fingerprint density at radius 2 is 2.11 bits per heavy atom. The molecule has 4 nitrogen and oxygen atoms in total. The third-order valence-electron chi connectivity index (χ3n) is 3.94. The largest absolute Gasteiger partial charge is 0.378 e. The van der Waals surface area contributed by atoms with Crippen molar-refractivity contribution in [1.82, 2.24) is 10.2 Å². The van der Waals surface area contributed by atoms with E-state index in [1.165, 1.54) is 31.4 Å². The summed E-state index contributed by atoms with van der Waals surface area (Å²) in [6.45, 7) is 4.45. The molecule has 1 aliphatic carbocycles. The van der Waals surface area contributed by atoms with E-state index in [0.717, 1.165) is 38.0 Å². The minimum atomic E-state index is 0.540. The molecular weight excluding hydrogens is 258 g/mol. The van der Waals surface area contributed by atoms with Gasteiger partial charge in [-0.1, -0.05) is 24.6 Å². The number of amidine groups is 1. The monoisotopic (exact) mass is 285 g/mol. The van der Waals surface area contributed by atoms with E-state index in [1.54, 1.807) is 0 Å². The lowest BCUT2D eigenvalue weighted by atomic mass is 9.89. The van der Waals surface area contributed by atoms with Gasteiger partial charge >= 0.3 is 0 Å². The first kappa shape index (κ1) is 15.1. The maximum absolute atomic E-state index is 5.56. The quantitative estimate of drug-likeness (QED) is 0.755. The zero-order valence-electron chi connectivity index (χ0n) is 12.3. The molecule has 110 valence electrons. The van der Waals surface area contributed by atoms with Gasteiger partial charge in [0.05, 0.1) is 13.2 Å². The molecule has 19 heavy (non-hydrogen) atoms. The van der Waals surface area contributed by atoms with Gasteiger partial charge in [-0.3, -0.25) is 4.99 Å². The Morgan fingerprint density at radius 3 is 2.74 bits per heavy atom. The second kappa shape index (κ2) is 7.50. The summed E-state index contributed by atoms with van der Waals surface area (Å²) in [5, 5.41) is 4.51. The molecule has 1 saturated carbocycles. The topological polar surface area (TPSA) is 36.9 Å². The van der Waals surface area contributed by atoms with Gasteiger partial charge in [0.25, 0.3) is 0 Å². The van der Waals surface area contributed by atoms with Crippen LogP contribution < -0.4 is 5.32 Å². The molecule has 0 bridgehead atoms. The Balaban J connectivity index is 1.56. The van der Waals surface area contributed by atoms with Crippen LogP contribution in [0.15, 0.2) is 4.99 Å². The maximum Gasteiger partial charge on any atom is 0.156 e. The molecule has 0 aromatic heterocycles. The highest BCUT2D eigenvalue weighted by atomic mass is 32.2. The summed E-state index contributed by atoms with van der Waals surface area (Å²) in [5.74, 6) is 1.25. The first-order valence-electron chi connectivity index (χ1n) is 7.34. The Kier molecular flexibility index (Phi) is 5.98. The summed E-state index contributed by atoms with van der Waals surface area (Å²) in [6, 6.07) is 0. The molecule has 0 aromatic carbocycles. The first-order valence-corrected chi connectivity index (χ1v) is 8.32. The molecule has 2 aliphatic rings. The Bertz CT molecular complexity index is 301. The maximum atomic E-state index is 5.56. The van der Waals surface area contributed by atoms with Gasteiger partial charge in [-0.05, 0) is 32.4 Å². The predicted octanol–water partition coefficient (Wildman–Crippen LogP) is 1.82. The van der Waals surface area contributed by atoms with Gasteiger partial charge in [-0.25, -0.2) is 0 Å². The van der Waals surface area contributed by atoms with Crippen LogP contribution in [-0.2, 0) is 4.74 Å². The third kappa shape index (κ3) is 4.97. The van der Waals surface area contributed by atoms with Gasteiger partial charge in [0.1, 0.15) is 0 Å². The second-order valence-corrected chi connectivity index (χ2v) is 6.92. The minimum Gasteiger partial charge on any atom is -0.378 e. The lowest BCUT2D eigenvalue weighted by Crippen LogP contribution is -2.34. The smallest absolute Gasteiger partial charge is 0.156 e. The van der Waals surface area contributed by atoms with Gasteiger partial charge in [0.2, 0.25) is 0 Å². The van der Waals surface area contributed by atoms with E-state index in [2.05, 4.69) is 24.3 Å². The highest BCUT2D eigenvalue weighted by Crippen LogP contribution is 2.43. The molecule has 2 rings (SSSR count). The summed E-state index contributed by atoms with van der Waals surface area (Å²) >= 11 is 1.90. The van der Waals surface area contributed by atoms with Crippen molar-refractivity contribution in [3.63, 3.8) is 0 Å². The van der Waals surface area contributed by atoms with Gasteiger partial charge < -0.3 is 15.0 Å². The van der Waals surface area contributed by atoms with Gasteiger partial charge in [0, 0.05) is 25.4 Å². The van der Waals surface area contributed by atoms with Crippen LogP contribution in [0.25, 0.3) is 0 Å². The molecule has 0 radical (unpaired) electrons. The molecule has 0 saturated heterocycles. The van der Waals surface area contributed by atoms with Crippen molar-refractivity contribution >= 4 is 16.9 Å². The highest BCUT2D eigenvalue weighted by Gasteiger charge is 2.36. The first-order chi connectivity index (χ1) is 9.20. The fourth-order valence-electron chi connectivity index (χ4n) is 2.67. The SMILES string of the molecule is CN(C)CCOCCNC1=NCC2(CCCC2)CS1. The van der Waals surface area contributed by atoms with Crippen molar-refractivity contribution < 1.29 is 4.74 Å². The average molecular weight is 285 g/mol. The van der Waals surface area contributed by atoms with Crippen molar-refractivity contribution in [2.45, 2.75) is 25.7 Å². The van der Waals surface area contributed by atoms with Crippen molar-refractivity contribution in [2.24, 2.45) is 10.4 Å². The molecule has 1 N–H and O–H groups in total. The van der Waals surface area contributed by atoms with E-state index in [-0.39, 0.29) is 0 Å². The molecule has 1 aliphatic heterocycles. The van der Waals surface area contributed by atoms with Crippen LogP contribution in [-0.4, -0.2) is 62.8 Å². The Hall–Kier alpha value is -0.260.